The molecule has 0 bridgehead atoms. The number of hydrogen-bond donors (Lipinski definition) is 2. The molecule has 0 heterocycles. The lowest BCUT2D eigenvalue weighted by molar-refractivity contribution is -0.123. The highest BCUT2D eigenvalue weighted by molar-refractivity contribution is 6.31. The van der Waals surface area contributed by atoms with Gasteiger partial charge in [0.25, 0.3) is 5.91 Å². The van der Waals surface area contributed by atoms with Crippen LogP contribution in [0.4, 0.5) is 0 Å². The van der Waals surface area contributed by atoms with Crippen molar-refractivity contribution >= 4 is 17.5 Å². The van der Waals surface area contributed by atoms with Gasteiger partial charge in [0.15, 0.2) is 6.61 Å². The van der Waals surface area contributed by atoms with Crippen LogP contribution in [0.5, 0.6) is 5.75 Å². The largest absolute Gasteiger partial charge is 0.483 e. The Morgan fingerprint density at radius 1 is 1.50 bits per heavy atom. The summed E-state index contributed by atoms with van der Waals surface area (Å²) < 4.78 is 5.48. The molecule has 0 fully saturated rings. The van der Waals surface area contributed by atoms with Crippen LogP contribution >= 0.6 is 11.6 Å². The van der Waals surface area contributed by atoms with Crippen molar-refractivity contribution in [2.24, 2.45) is 5.73 Å². The normalized spacial score (nSPS) is 10.5. The molecule has 0 radical (unpaired) electrons. The molecule has 0 aromatic heterocycles. The predicted molar refractivity (Wildman–Crippen MR) is 73.0 cm³/mol. The molecule has 0 unspecified atom stereocenters. The van der Waals surface area contributed by atoms with Crippen molar-refractivity contribution in [2.75, 3.05) is 13.2 Å². The third-order valence-electron chi connectivity index (χ3n) is 2.28. The number of carbonyl (C=O) groups is 1. The van der Waals surface area contributed by atoms with Crippen molar-refractivity contribution < 1.29 is 9.53 Å². The van der Waals surface area contributed by atoms with Gasteiger partial charge >= 0.3 is 0 Å². The quantitative estimate of drug-likeness (QED) is 0.828. The number of nitrogens with one attached hydrogen (secondary N) is 1. The lowest BCUT2D eigenvalue weighted by Gasteiger charge is -2.13. The van der Waals surface area contributed by atoms with Crippen LogP contribution in [0.2, 0.25) is 5.02 Å². The highest BCUT2D eigenvalue weighted by atomic mass is 35.5. The first-order chi connectivity index (χ1) is 8.54. The molecule has 1 rings (SSSR count). The summed E-state index contributed by atoms with van der Waals surface area (Å²) in [5.41, 5.74) is 6.37. The Kier molecular flexibility index (Phi) is 5.95. The van der Waals surface area contributed by atoms with Crippen LogP contribution in [-0.2, 0) is 11.2 Å². The molecule has 0 aliphatic rings. The number of carbonyl (C=O) groups excluding carboxylic acids is 1. The Balaban J connectivity index is 2.66. The molecule has 0 saturated carbocycles. The Morgan fingerprint density at radius 3 is 2.83 bits per heavy atom. The summed E-state index contributed by atoms with van der Waals surface area (Å²) in [5.74, 6) is 0.468. The second-order valence-corrected chi connectivity index (χ2v) is 4.67. The Bertz CT molecular complexity index is 408. The second kappa shape index (κ2) is 7.24. The lowest BCUT2D eigenvalue weighted by atomic mass is 10.1. The molecular weight excluding hydrogens is 252 g/mol. The smallest absolute Gasteiger partial charge is 0.258 e. The first-order valence-corrected chi connectivity index (χ1v) is 6.32. The van der Waals surface area contributed by atoms with Gasteiger partial charge in [0.05, 0.1) is 0 Å². The molecule has 0 aliphatic heterocycles. The van der Waals surface area contributed by atoms with Crippen LogP contribution in [0.3, 0.4) is 0 Å². The van der Waals surface area contributed by atoms with Gasteiger partial charge in [-0.25, -0.2) is 0 Å². The van der Waals surface area contributed by atoms with Gasteiger partial charge in [-0.05, 0) is 38.9 Å². The molecule has 0 saturated heterocycles. The van der Waals surface area contributed by atoms with Crippen molar-refractivity contribution in [2.45, 2.75) is 26.3 Å². The summed E-state index contributed by atoms with van der Waals surface area (Å²) >= 11 is 6.07. The zero-order valence-corrected chi connectivity index (χ0v) is 11.5. The molecule has 1 amide bonds. The standard InChI is InChI=1S/C13H19ClN2O2/c1-9(2)16-13(17)8-18-12-5-3-4-11(14)10(12)6-7-15/h3-5,9H,6-8,15H2,1-2H3,(H,16,17). The fourth-order valence-electron chi connectivity index (χ4n) is 1.57. The topological polar surface area (TPSA) is 64.3 Å². The zero-order chi connectivity index (χ0) is 13.5. The average Bonchev–Trinajstić information content (AvgIpc) is 2.29. The van der Waals surface area contributed by atoms with Gasteiger partial charge in [-0.3, -0.25) is 4.79 Å². The fraction of sp³-hybridized carbons (Fsp3) is 0.462. The number of ether oxygens (including phenoxy) is 1. The van der Waals surface area contributed by atoms with Crippen LogP contribution in [-0.4, -0.2) is 25.1 Å². The van der Waals surface area contributed by atoms with E-state index in [1.165, 1.54) is 0 Å². The van der Waals surface area contributed by atoms with E-state index in [0.717, 1.165) is 5.56 Å². The molecule has 100 valence electrons. The number of nitrogens with two attached hydrogens (primary N) is 1. The molecule has 0 aliphatic carbocycles. The fourth-order valence-corrected chi connectivity index (χ4v) is 1.83. The number of amides is 1. The first-order valence-electron chi connectivity index (χ1n) is 5.94. The summed E-state index contributed by atoms with van der Waals surface area (Å²) in [6.07, 6.45) is 0.626. The summed E-state index contributed by atoms with van der Waals surface area (Å²) in [5, 5.41) is 3.37. The third kappa shape index (κ3) is 4.55. The van der Waals surface area contributed by atoms with Gasteiger partial charge in [-0.1, -0.05) is 17.7 Å². The van der Waals surface area contributed by atoms with E-state index in [0.29, 0.717) is 23.7 Å². The van der Waals surface area contributed by atoms with Crippen LogP contribution in [0.25, 0.3) is 0 Å². The van der Waals surface area contributed by atoms with Gasteiger partial charge in [-0.15, -0.1) is 0 Å². The maximum atomic E-state index is 11.5. The van der Waals surface area contributed by atoms with E-state index >= 15 is 0 Å². The highest BCUT2D eigenvalue weighted by Crippen LogP contribution is 2.26. The average molecular weight is 271 g/mol. The maximum absolute atomic E-state index is 11.5. The molecule has 0 atom stereocenters. The Hall–Kier alpha value is -1.26. The molecule has 5 heteroatoms. The number of benzene rings is 1. The maximum Gasteiger partial charge on any atom is 0.258 e. The van der Waals surface area contributed by atoms with Crippen LogP contribution in [0, 0.1) is 0 Å². The van der Waals surface area contributed by atoms with Crippen molar-refractivity contribution in [3.8, 4) is 5.75 Å². The molecule has 3 N–H and O–H groups in total. The van der Waals surface area contributed by atoms with E-state index in [1.807, 2.05) is 13.8 Å². The van der Waals surface area contributed by atoms with E-state index in [9.17, 15) is 4.79 Å². The van der Waals surface area contributed by atoms with E-state index < -0.39 is 0 Å². The number of halogens is 1. The lowest BCUT2D eigenvalue weighted by Crippen LogP contribution is -2.34. The minimum atomic E-state index is -0.149. The molecule has 18 heavy (non-hydrogen) atoms. The zero-order valence-electron chi connectivity index (χ0n) is 10.7. The highest BCUT2D eigenvalue weighted by Gasteiger charge is 2.10. The van der Waals surface area contributed by atoms with Crippen LogP contribution in [0.15, 0.2) is 18.2 Å². The molecular formula is C13H19ClN2O2. The Labute approximate surface area is 112 Å². The summed E-state index contributed by atoms with van der Waals surface area (Å²) in [6, 6.07) is 5.47. The van der Waals surface area contributed by atoms with E-state index in [2.05, 4.69) is 5.32 Å². The van der Waals surface area contributed by atoms with E-state index in [4.69, 9.17) is 22.1 Å². The van der Waals surface area contributed by atoms with Crippen molar-refractivity contribution in [3.63, 3.8) is 0 Å². The third-order valence-corrected chi connectivity index (χ3v) is 2.63. The monoisotopic (exact) mass is 270 g/mol. The minimum absolute atomic E-state index is 0.0178. The predicted octanol–water partition coefficient (Wildman–Crippen LogP) is 1.74. The van der Waals surface area contributed by atoms with E-state index in [1.54, 1.807) is 18.2 Å². The summed E-state index contributed by atoms with van der Waals surface area (Å²) in [7, 11) is 0. The van der Waals surface area contributed by atoms with Crippen molar-refractivity contribution in [1.29, 1.82) is 0 Å². The molecule has 4 nitrogen and oxygen atoms in total. The van der Waals surface area contributed by atoms with E-state index in [-0.39, 0.29) is 18.6 Å². The number of hydrogen-bond acceptors (Lipinski definition) is 3. The minimum Gasteiger partial charge on any atom is -0.483 e. The Morgan fingerprint density at radius 2 is 2.22 bits per heavy atom. The van der Waals surface area contributed by atoms with Gasteiger partial charge in [0.2, 0.25) is 0 Å². The summed E-state index contributed by atoms with van der Waals surface area (Å²) in [6.45, 7) is 4.27. The number of rotatable bonds is 6. The molecule has 1 aromatic rings. The van der Waals surface area contributed by atoms with Crippen LogP contribution < -0.4 is 15.8 Å². The first kappa shape index (κ1) is 14.8. The van der Waals surface area contributed by atoms with Gasteiger partial charge in [0.1, 0.15) is 5.75 Å². The van der Waals surface area contributed by atoms with Crippen LogP contribution in [0.1, 0.15) is 19.4 Å². The molecule has 0 spiro atoms. The second-order valence-electron chi connectivity index (χ2n) is 4.27. The summed E-state index contributed by atoms with van der Waals surface area (Å²) in [4.78, 5) is 11.5. The van der Waals surface area contributed by atoms with Crippen molar-refractivity contribution in [3.05, 3.63) is 28.8 Å². The van der Waals surface area contributed by atoms with Gasteiger partial charge in [0, 0.05) is 16.6 Å². The van der Waals surface area contributed by atoms with Crippen molar-refractivity contribution in [1.82, 2.24) is 5.32 Å². The van der Waals surface area contributed by atoms with Gasteiger partial charge in [-0.2, -0.15) is 0 Å². The van der Waals surface area contributed by atoms with Gasteiger partial charge < -0.3 is 15.8 Å². The molecule has 1 aromatic carbocycles. The SMILES string of the molecule is CC(C)NC(=O)COc1cccc(Cl)c1CCN.